The van der Waals surface area contributed by atoms with Gasteiger partial charge in [-0.25, -0.2) is 0 Å². The molecule has 8 nitrogen and oxygen atoms in total. The summed E-state index contributed by atoms with van der Waals surface area (Å²) in [5.41, 5.74) is 0. The van der Waals surface area contributed by atoms with Crippen molar-refractivity contribution >= 4 is 17.8 Å². The first kappa shape index (κ1) is 15.4. The van der Waals surface area contributed by atoms with Crippen LogP contribution in [0.3, 0.4) is 0 Å². The van der Waals surface area contributed by atoms with E-state index in [9.17, 15) is 0 Å². The van der Waals surface area contributed by atoms with Crippen LogP contribution in [0.25, 0.3) is 0 Å². The number of aliphatic hydroxyl groups excluding tert-OH is 1. The van der Waals surface area contributed by atoms with Gasteiger partial charge in [-0.1, -0.05) is 0 Å². The zero-order valence-electron chi connectivity index (χ0n) is 11.7. The third-order valence-corrected chi connectivity index (χ3v) is 2.23. The van der Waals surface area contributed by atoms with Crippen LogP contribution in [-0.4, -0.2) is 67.6 Å². The molecule has 19 heavy (non-hydrogen) atoms. The minimum atomic E-state index is 0.0542. The van der Waals surface area contributed by atoms with Crippen LogP contribution in [0.2, 0.25) is 0 Å². The maximum Gasteiger partial charge on any atom is 0.231 e. The molecule has 1 aromatic rings. The Bertz CT molecular complexity index is 374. The largest absolute Gasteiger partial charge is 0.394 e. The average molecular weight is 270 g/mol. The number of aromatic nitrogens is 3. The number of hydrogen-bond donors (Lipinski definition) is 3. The lowest BCUT2D eigenvalue weighted by Crippen LogP contribution is -2.17. The highest BCUT2D eigenvalue weighted by molar-refractivity contribution is 5.42. The van der Waals surface area contributed by atoms with E-state index in [4.69, 9.17) is 9.84 Å². The predicted octanol–water partition coefficient (Wildman–Crippen LogP) is -0.210. The van der Waals surface area contributed by atoms with Gasteiger partial charge in [-0.05, 0) is 6.42 Å². The fraction of sp³-hybridized carbons (Fsp3) is 0.727. The molecule has 0 aromatic carbocycles. The van der Waals surface area contributed by atoms with Crippen LogP contribution in [0.1, 0.15) is 6.42 Å². The van der Waals surface area contributed by atoms with E-state index in [-0.39, 0.29) is 6.61 Å². The van der Waals surface area contributed by atoms with Crippen LogP contribution in [0, 0.1) is 0 Å². The average Bonchev–Trinajstić information content (AvgIpc) is 2.42. The highest BCUT2D eigenvalue weighted by Gasteiger charge is 2.06. The highest BCUT2D eigenvalue weighted by atomic mass is 16.5. The number of aliphatic hydroxyl groups is 1. The lowest BCUT2D eigenvalue weighted by atomic mass is 10.4. The van der Waals surface area contributed by atoms with Crippen molar-refractivity contribution < 1.29 is 9.84 Å². The molecule has 0 spiro atoms. The summed E-state index contributed by atoms with van der Waals surface area (Å²) in [7, 11) is 5.52. The van der Waals surface area contributed by atoms with E-state index in [0.717, 1.165) is 6.42 Å². The monoisotopic (exact) mass is 270 g/mol. The van der Waals surface area contributed by atoms with Gasteiger partial charge in [-0.3, -0.25) is 0 Å². The Morgan fingerprint density at radius 3 is 2.53 bits per heavy atom. The number of nitrogens with one attached hydrogen (secondary N) is 2. The minimum Gasteiger partial charge on any atom is -0.394 e. The smallest absolute Gasteiger partial charge is 0.231 e. The molecule has 3 N–H and O–H groups in total. The van der Waals surface area contributed by atoms with Crippen LogP contribution >= 0.6 is 0 Å². The molecule has 0 bridgehead atoms. The molecular formula is C11H22N6O2. The Labute approximate surface area is 113 Å². The van der Waals surface area contributed by atoms with Crippen molar-refractivity contribution in [2.24, 2.45) is 0 Å². The molecule has 0 atom stereocenters. The summed E-state index contributed by atoms with van der Waals surface area (Å²) in [5, 5.41) is 14.6. The van der Waals surface area contributed by atoms with Crippen molar-refractivity contribution in [3.05, 3.63) is 0 Å². The summed E-state index contributed by atoms with van der Waals surface area (Å²) in [6.45, 7) is 1.72. The molecule has 0 aliphatic carbocycles. The third kappa shape index (κ3) is 5.66. The van der Waals surface area contributed by atoms with Crippen molar-refractivity contribution in [3.8, 4) is 0 Å². The van der Waals surface area contributed by atoms with Gasteiger partial charge in [0.05, 0.1) is 13.2 Å². The Balaban J connectivity index is 2.46. The van der Waals surface area contributed by atoms with E-state index < -0.39 is 0 Å². The van der Waals surface area contributed by atoms with E-state index in [2.05, 4.69) is 25.6 Å². The van der Waals surface area contributed by atoms with Gasteiger partial charge in [0, 0.05) is 34.3 Å². The summed E-state index contributed by atoms with van der Waals surface area (Å²) in [6.07, 6.45) is 0.817. The second kappa shape index (κ2) is 8.44. The maximum absolute atomic E-state index is 8.56. The molecule has 0 aliphatic rings. The molecule has 0 aliphatic heterocycles. The fourth-order valence-corrected chi connectivity index (χ4v) is 1.30. The molecule has 0 amide bonds. The second-order valence-electron chi connectivity index (χ2n) is 4.04. The van der Waals surface area contributed by atoms with Crippen LogP contribution in [-0.2, 0) is 4.74 Å². The van der Waals surface area contributed by atoms with Crippen molar-refractivity contribution in [1.82, 2.24) is 15.0 Å². The summed E-state index contributed by atoms with van der Waals surface area (Å²) < 4.78 is 5.16. The Morgan fingerprint density at radius 2 is 1.89 bits per heavy atom. The van der Waals surface area contributed by atoms with E-state index in [0.29, 0.717) is 37.6 Å². The number of ether oxygens (including phenoxy) is 1. The number of rotatable bonds is 9. The van der Waals surface area contributed by atoms with Gasteiger partial charge in [0.2, 0.25) is 17.8 Å². The third-order valence-electron chi connectivity index (χ3n) is 2.23. The highest BCUT2D eigenvalue weighted by Crippen LogP contribution is 2.10. The van der Waals surface area contributed by atoms with E-state index in [1.54, 1.807) is 7.05 Å². The summed E-state index contributed by atoms with van der Waals surface area (Å²) in [6, 6.07) is 0. The van der Waals surface area contributed by atoms with E-state index >= 15 is 0 Å². The lowest BCUT2D eigenvalue weighted by molar-refractivity contribution is 0.0921. The molecule has 1 heterocycles. The normalized spacial score (nSPS) is 10.3. The zero-order chi connectivity index (χ0) is 14.1. The molecule has 0 saturated heterocycles. The number of nitrogens with zero attached hydrogens (tertiary/aromatic N) is 4. The van der Waals surface area contributed by atoms with Gasteiger partial charge in [0.1, 0.15) is 0 Å². The Morgan fingerprint density at radius 1 is 1.16 bits per heavy atom. The van der Waals surface area contributed by atoms with Crippen molar-refractivity contribution in [2.75, 3.05) is 63.0 Å². The standard InChI is InChI=1S/C11H22N6O2/c1-12-9-14-10(16-11(15-9)17(2)3)13-5-4-7-19-8-6-18/h18H,4-8H2,1-3H3,(H2,12,13,14,15,16). The van der Waals surface area contributed by atoms with Crippen molar-refractivity contribution in [1.29, 1.82) is 0 Å². The molecule has 0 fully saturated rings. The first-order valence-electron chi connectivity index (χ1n) is 6.21. The molecule has 8 heteroatoms. The molecular weight excluding hydrogens is 248 g/mol. The maximum atomic E-state index is 8.56. The molecule has 108 valence electrons. The first-order valence-corrected chi connectivity index (χ1v) is 6.21. The van der Waals surface area contributed by atoms with Crippen molar-refractivity contribution in [2.45, 2.75) is 6.42 Å². The second-order valence-corrected chi connectivity index (χ2v) is 4.04. The van der Waals surface area contributed by atoms with Gasteiger partial charge in [-0.2, -0.15) is 15.0 Å². The molecule has 0 saturated carbocycles. The molecule has 0 unspecified atom stereocenters. The molecule has 1 aromatic heterocycles. The molecule has 1 rings (SSSR count). The van der Waals surface area contributed by atoms with Crippen LogP contribution in [0.15, 0.2) is 0 Å². The van der Waals surface area contributed by atoms with Gasteiger partial charge < -0.3 is 25.4 Å². The minimum absolute atomic E-state index is 0.0542. The van der Waals surface area contributed by atoms with Gasteiger partial charge >= 0.3 is 0 Å². The zero-order valence-corrected chi connectivity index (χ0v) is 11.7. The van der Waals surface area contributed by atoms with Crippen LogP contribution < -0.4 is 15.5 Å². The quantitative estimate of drug-likeness (QED) is 0.531. The van der Waals surface area contributed by atoms with E-state index in [1.807, 2.05) is 19.0 Å². The topological polar surface area (TPSA) is 95.4 Å². The van der Waals surface area contributed by atoms with Gasteiger partial charge in [0.15, 0.2) is 0 Å². The lowest BCUT2D eigenvalue weighted by Gasteiger charge is -2.13. The SMILES string of the molecule is CNc1nc(NCCCOCCO)nc(N(C)C)n1. The number of hydrogen-bond acceptors (Lipinski definition) is 8. The predicted molar refractivity (Wildman–Crippen MR) is 74.7 cm³/mol. The Kier molecular flexibility index (Phi) is 6.83. The van der Waals surface area contributed by atoms with Crippen LogP contribution in [0.5, 0.6) is 0 Å². The summed E-state index contributed by atoms with van der Waals surface area (Å²) in [5.74, 6) is 1.65. The molecule has 0 radical (unpaired) electrons. The summed E-state index contributed by atoms with van der Waals surface area (Å²) >= 11 is 0. The van der Waals surface area contributed by atoms with Crippen molar-refractivity contribution in [3.63, 3.8) is 0 Å². The number of anilines is 3. The van der Waals surface area contributed by atoms with Gasteiger partial charge in [0.25, 0.3) is 0 Å². The van der Waals surface area contributed by atoms with E-state index in [1.165, 1.54) is 0 Å². The van der Waals surface area contributed by atoms with Gasteiger partial charge in [-0.15, -0.1) is 0 Å². The Hall–Kier alpha value is -1.67. The summed E-state index contributed by atoms with van der Waals surface area (Å²) in [4.78, 5) is 14.5. The fourth-order valence-electron chi connectivity index (χ4n) is 1.30. The van der Waals surface area contributed by atoms with Crippen LogP contribution in [0.4, 0.5) is 17.8 Å². The first-order chi connectivity index (χ1) is 9.17.